The zero-order valence-electron chi connectivity index (χ0n) is 14.5. The lowest BCUT2D eigenvalue weighted by molar-refractivity contribution is 0.509. The normalized spacial score (nSPS) is 17.1. The Kier molecular flexibility index (Phi) is 3.54. The Balaban J connectivity index is 1.52. The molecule has 134 valence electrons. The highest BCUT2D eigenvalue weighted by Gasteiger charge is 2.24. The van der Waals surface area contributed by atoms with E-state index in [4.69, 9.17) is 0 Å². The molecular formula is C19H15N5S3. The predicted octanol–water partition coefficient (Wildman–Crippen LogP) is 5.22. The maximum Gasteiger partial charge on any atom is 0.217 e. The summed E-state index contributed by atoms with van der Waals surface area (Å²) < 4.78 is 3.36. The van der Waals surface area contributed by atoms with Crippen LogP contribution < -0.4 is 0 Å². The Bertz CT molecular complexity index is 1320. The van der Waals surface area contributed by atoms with Gasteiger partial charge in [0, 0.05) is 10.3 Å². The topological polar surface area (TPSA) is 56.0 Å². The largest absolute Gasteiger partial charge is 0.260 e. The molecule has 0 aliphatic heterocycles. The fourth-order valence-corrected chi connectivity index (χ4v) is 7.22. The highest BCUT2D eigenvalue weighted by molar-refractivity contribution is 7.99. The molecule has 1 atom stereocenters. The third kappa shape index (κ3) is 2.43. The van der Waals surface area contributed by atoms with Crippen molar-refractivity contribution in [1.29, 1.82) is 0 Å². The molecule has 0 bridgehead atoms. The summed E-state index contributed by atoms with van der Waals surface area (Å²) in [6.07, 6.45) is 5.20. The molecule has 0 unspecified atom stereocenters. The fraction of sp³-hybridized carbons (Fsp3) is 0.263. The van der Waals surface area contributed by atoms with Crippen molar-refractivity contribution >= 4 is 59.8 Å². The van der Waals surface area contributed by atoms with Gasteiger partial charge in [0.25, 0.3) is 0 Å². The van der Waals surface area contributed by atoms with Gasteiger partial charge in [0.1, 0.15) is 16.2 Å². The molecule has 6 rings (SSSR count). The van der Waals surface area contributed by atoms with Crippen molar-refractivity contribution in [2.75, 3.05) is 0 Å². The van der Waals surface area contributed by atoms with E-state index < -0.39 is 0 Å². The summed E-state index contributed by atoms with van der Waals surface area (Å²) in [5.74, 6) is 0.753. The van der Waals surface area contributed by atoms with Crippen molar-refractivity contribution in [3.63, 3.8) is 0 Å². The van der Waals surface area contributed by atoms with Gasteiger partial charge in [-0.2, -0.15) is 0 Å². The highest BCUT2D eigenvalue weighted by Crippen LogP contribution is 2.42. The molecule has 1 aliphatic carbocycles. The van der Waals surface area contributed by atoms with E-state index in [-0.39, 0.29) is 0 Å². The van der Waals surface area contributed by atoms with Crippen LogP contribution in [-0.2, 0) is 12.8 Å². The maximum absolute atomic E-state index is 4.63. The second-order valence-corrected chi connectivity index (χ2v) is 10.0. The van der Waals surface area contributed by atoms with Crippen molar-refractivity contribution in [2.24, 2.45) is 5.92 Å². The minimum absolute atomic E-state index is 0.753. The van der Waals surface area contributed by atoms with Crippen LogP contribution in [0, 0.1) is 5.92 Å². The zero-order valence-corrected chi connectivity index (χ0v) is 17.0. The second kappa shape index (κ2) is 5.98. The molecule has 0 saturated heterocycles. The second-order valence-electron chi connectivity index (χ2n) is 6.98. The van der Waals surface area contributed by atoms with Gasteiger partial charge in [-0.05, 0) is 54.6 Å². The van der Waals surface area contributed by atoms with E-state index in [9.17, 15) is 0 Å². The monoisotopic (exact) mass is 409 g/mol. The summed E-state index contributed by atoms with van der Waals surface area (Å²) in [6, 6.07) is 8.37. The molecular weight excluding hydrogens is 394 g/mol. The lowest BCUT2D eigenvalue weighted by atomic mass is 9.89. The van der Waals surface area contributed by atoms with Gasteiger partial charge in [0.15, 0.2) is 0 Å². The van der Waals surface area contributed by atoms with Gasteiger partial charge in [-0.1, -0.05) is 30.4 Å². The smallest absolute Gasteiger partial charge is 0.217 e. The quantitative estimate of drug-likeness (QED) is 0.374. The zero-order chi connectivity index (χ0) is 18.0. The SMILES string of the molecule is C[C@@H]1CCc2c(sc3ncnc(Sc4nnc5sc6ccccc6n45)c23)C1. The van der Waals surface area contributed by atoms with Gasteiger partial charge in [-0.15, -0.1) is 21.5 Å². The van der Waals surface area contributed by atoms with Crippen LogP contribution in [0.4, 0.5) is 0 Å². The third-order valence-corrected chi connectivity index (χ3v) is 8.28. The van der Waals surface area contributed by atoms with Crippen LogP contribution in [0.1, 0.15) is 23.8 Å². The Morgan fingerprint density at radius 1 is 1.15 bits per heavy atom. The van der Waals surface area contributed by atoms with Crippen molar-refractivity contribution in [1.82, 2.24) is 24.6 Å². The standard InChI is InChI=1S/C19H15N5S3/c1-10-6-7-11-14(8-10)25-16-15(11)17(21-9-20-16)27-19-23-22-18-24(19)12-4-2-3-5-13(12)26-18/h2-5,9-10H,6-8H2,1H3/t10-/m1/s1. The van der Waals surface area contributed by atoms with Crippen LogP contribution in [0.25, 0.3) is 25.4 Å². The summed E-state index contributed by atoms with van der Waals surface area (Å²) >= 11 is 5.10. The summed E-state index contributed by atoms with van der Waals surface area (Å²) in [4.78, 5) is 12.7. The number of nitrogens with zero attached hydrogens (tertiary/aromatic N) is 5. The lowest BCUT2D eigenvalue weighted by Crippen LogP contribution is -2.08. The van der Waals surface area contributed by atoms with Crippen molar-refractivity contribution < 1.29 is 0 Å². The fourth-order valence-electron chi connectivity index (χ4n) is 3.83. The Morgan fingerprint density at radius 3 is 3.04 bits per heavy atom. The molecule has 4 aromatic heterocycles. The molecule has 0 saturated carbocycles. The van der Waals surface area contributed by atoms with E-state index in [0.717, 1.165) is 44.2 Å². The summed E-state index contributed by atoms with van der Waals surface area (Å²) in [5.41, 5.74) is 2.60. The summed E-state index contributed by atoms with van der Waals surface area (Å²) in [6.45, 7) is 2.34. The number of aromatic nitrogens is 5. The Hall–Kier alpha value is -2.03. The van der Waals surface area contributed by atoms with Gasteiger partial charge in [-0.3, -0.25) is 4.40 Å². The predicted molar refractivity (Wildman–Crippen MR) is 111 cm³/mol. The number of fused-ring (bicyclic) bond motifs is 6. The van der Waals surface area contributed by atoms with Gasteiger partial charge in [-0.25, -0.2) is 9.97 Å². The molecule has 27 heavy (non-hydrogen) atoms. The number of hydrogen-bond acceptors (Lipinski definition) is 7. The van der Waals surface area contributed by atoms with Crippen LogP contribution in [0.15, 0.2) is 40.8 Å². The lowest BCUT2D eigenvalue weighted by Gasteiger charge is -2.18. The van der Waals surface area contributed by atoms with Crippen molar-refractivity contribution in [3.8, 4) is 0 Å². The number of benzene rings is 1. The van der Waals surface area contributed by atoms with Crippen LogP contribution in [0.3, 0.4) is 0 Å². The third-order valence-electron chi connectivity index (χ3n) is 5.16. The first-order chi connectivity index (χ1) is 13.3. The van der Waals surface area contributed by atoms with Crippen LogP contribution in [0.2, 0.25) is 0 Å². The number of thiophene rings is 1. The van der Waals surface area contributed by atoms with Gasteiger partial charge >= 0.3 is 0 Å². The number of para-hydroxylation sites is 1. The number of thiazole rings is 1. The number of rotatable bonds is 2. The summed E-state index contributed by atoms with van der Waals surface area (Å²) in [5, 5.41) is 11.9. The molecule has 8 heteroatoms. The minimum atomic E-state index is 0.753. The molecule has 5 aromatic rings. The first-order valence-corrected chi connectivity index (χ1v) is 11.4. The van der Waals surface area contributed by atoms with E-state index in [1.54, 1.807) is 29.4 Å². The Labute approximate surface area is 167 Å². The van der Waals surface area contributed by atoms with E-state index in [1.807, 2.05) is 11.3 Å². The van der Waals surface area contributed by atoms with E-state index in [1.165, 1.54) is 26.9 Å². The van der Waals surface area contributed by atoms with Gasteiger partial charge in [0.2, 0.25) is 10.1 Å². The first-order valence-electron chi connectivity index (χ1n) is 8.93. The Morgan fingerprint density at radius 2 is 2.07 bits per heavy atom. The van der Waals surface area contributed by atoms with Crippen molar-refractivity contribution in [3.05, 3.63) is 41.0 Å². The van der Waals surface area contributed by atoms with Crippen molar-refractivity contribution in [2.45, 2.75) is 36.4 Å². The average molecular weight is 410 g/mol. The van der Waals surface area contributed by atoms with E-state index in [2.05, 4.69) is 55.8 Å². The highest BCUT2D eigenvalue weighted by atomic mass is 32.2. The molecule has 0 spiro atoms. The van der Waals surface area contributed by atoms with Gasteiger partial charge in [0.05, 0.1) is 10.2 Å². The van der Waals surface area contributed by atoms with Crippen LogP contribution in [0.5, 0.6) is 0 Å². The molecule has 1 aromatic carbocycles. The van der Waals surface area contributed by atoms with Crippen LogP contribution in [-0.4, -0.2) is 24.6 Å². The molecule has 1 aliphatic rings. The maximum atomic E-state index is 4.63. The molecule has 0 fully saturated rings. The number of hydrogen-bond donors (Lipinski definition) is 0. The molecule has 4 heterocycles. The van der Waals surface area contributed by atoms with E-state index >= 15 is 0 Å². The first kappa shape index (κ1) is 16.0. The summed E-state index contributed by atoms with van der Waals surface area (Å²) in [7, 11) is 0. The molecule has 0 amide bonds. The molecule has 5 nitrogen and oxygen atoms in total. The molecule has 0 radical (unpaired) electrons. The number of aryl methyl sites for hydroxylation is 1. The van der Waals surface area contributed by atoms with E-state index in [0.29, 0.717) is 0 Å². The van der Waals surface area contributed by atoms with Crippen LogP contribution >= 0.6 is 34.4 Å². The molecule has 0 N–H and O–H groups in total. The van der Waals surface area contributed by atoms with Gasteiger partial charge < -0.3 is 0 Å². The average Bonchev–Trinajstić information content (AvgIpc) is 3.33. The minimum Gasteiger partial charge on any atom is -0.260 e.